The molecule has 1 saturated heterocycles. The summed E-state index contributed by atoms with van der Waals surface area (Å²) in [5.41, 5.74) is 0.0337. The van der Waals surface area contributed by atoms with Crippen molar-refractivity contribution in [1.29, 1.82) is 0 Å². The van der Waals surface area contributed by atoms with Gasteiger partial charge in [0.1, 0.15) is 0 Å². The maximum Gasteiger partial charge on any atom is 0.221 e. The van der Waals surface area contributed by atoms with Crippen molar-refractivity contribution >= 4 is 5.91 Å². The number of hydrogen-bond acceptors (Lipinski definition) is 3. The smallest absolute Gasteiger partial charge is 0.221 e. The van der Waals surface area contributed by atoms with Gasteiger partial charge in [-0.25, -0.2) is 0 Å². The second kappa shape index (κ2) is 6.21. The lowest BCUT2D eigenvalue weighted by Gasteiger charge is -2.19. The maximum absolute atomic E-state index is 11.2. The Balaban J connectivity index is 2.02. The average molecular weight is 228 g/mol. The minimum atomic E-state index is 0.0337. The standard InChI is InChI=1S/C12H24N2O2/c1-4-14-11(15)6-8-13-9-10-5-7-12(2,3)16-10/h10,13H,4-9H2,1-3H3,(H,14,15). The molecule has 0 radical (unpaired) electrons. The summed E-state index contributed by atoms with van der Waals surface area (Å²) < 4.78 is 5.84. The van der Waals surface area contributed by atoms with E-state index in [1.807, 2.05) is 6.92 Å². The van der Waals surface area contributed by atoms with Gasteiger partial charge >= 0.3 is 0 Å². The van der Waals surface area contributed by atoms with E-state index in [2.05, 4.69) is 24.5 Å². The third-order valence-corrected chi connectivity index (χ3v) is 2.83. The monoisotopic (exact) mass is 228 g/mol. The molecule has 1 amide bonds. The van der Waals surface area contributed by atoms with Crippen molar-refractivity contribution in [3.05, 3.63) is 0 Å². The molecule has 16 heavy (non-hydrogen) atoms. The molecular formula is C12H24N2O2. The van der Waals surface area contributed by atoms with Crippen LogP contribution in [0.15, 0.2) is 0 Å². The predicted molar refractivity (Wildman–Crippen MR) is 64.4 cm³/mol. The fourth-order valence-corrected chi connectivity index (χ4v) is 1.97. The van der Waals surface area contributed by atoms with Crippen LogP contribution < -0.4 is 10.6 Å². The molecule has 0 aromatic heterocycles. The summed E-state index contributed by atoms with van der Waals surface area (Å²) in [7, 11) is 0. The van der Waals surface area contributed by atoms with Gasteiger partial charge in [0.25, 0.3) is 0 Å². The number of carbonyl (C=O) groups is 1. The van der Waals surface area contributed by atoms with Crippen molar-refractivity contribution in [3.8, 4) is 0 Å². The van der Waals surface area contributed by atoms with Crippen LogP contribution in [0.3, 0.4) is 0 Å². The van der Waals surface area contributed by atoms with E-state index >= 15 is 0 Å². The Morgan fingerprint density at radius 2 is 2.25 bits per heavy atom. The van der Waals surface area contributed by atoms with Crippen LogP contribution in [0.5, 0.6) is 0 Å². The lowest BCUT2D eigenvalue weighted by Crippen LogP contribution is -2.32. The SMILES string of the molecule is CCNC(=O)CCNCC1CCC(C)(C)O1. The lowest BCUT2D eigenvalue weighted by molar-refractivity contribution is -0.120. The fourth-order valence-electron chi connectivity index (χ4n) is 1.97. The van der Waals surface area contributed by atoms with Crippen LogP contribution in [-0.4, -0.2) is 37.2 Å². The van der Waals surface area contributed by atoms with E-state index in [1.54, 1.807) is 0 Å². The minimum Gasteiger partial charge on any atom is -0.371 e. The van der Waals surface area contributed by atoms with Gasteiger partial charge in [-0.3, -0.25) is 4.79 Å². The van der Waals surface area contributed by atoms with E-state index in [0.717, 1.165) is 25.9 Å². The van der Waals surface area contributed by atoms with Gasteiger partial charge in [-0.05, 0) is 33.6 Å². The van der Waals surface area contributed by atoms with Crippen LogP contribution in [0, 0.1) is 0 Å². The summed E-state index contributed by atoms with van der Waals surface area (Å²) in [6.07, 6.45) is 3.09. The van der Waals surface area contributed by atoms with Gasteiger partial charge < -0.3 is 15.4 Å². The first-order chi connectivity index (χ1) is 7.53. The average Bonchev–Trinajstić information content (AvgIpc) is 2.54. The van der Waals surface area contributed by atoms with E-state index < -0.39 is 0 Å². The first-order valence-corrected chi connectivity index (χ1v) is 6.19. The molecule has 1 unspecified atom stereocenters. The molecule has 0 aliphatic carbocycles. The number of nitrogens with one attached hydrogen (secondary N) is 2. The molecule has 0 aromatic carbocycles. The van der Waals surface area contributed by atoms with Crippen molar-refractivity contribution < 1.29 is 9.53 Å². The van der Waals surface area contributed by atoms with Crippen molar-refractivity contribution in [2.45, 2.75) is 51.7 Å². The molecule has 4 heteroatoms. The Labute approximate surface area is 98.1 Å². The van der Waals surface area contributed by atoms with Gasteiger partial charge in [0.15, 0.2) is 0 Å². The second-order valence-corrected chi connectivity index (χ2v) is 4.95. The third kappa shape index (κ3) is 4.94. The van der Waals surface area contributed by atoms with Crippen LogP contribution in [0.4, 0.5) is 0 Å². The predicted octanol–water partition coefficient (Wildman–Crippen LogP) is 1.06. The molecule has 1 atom stereocenters. The zero-order valence-corrected chi connectivity index (χ0v) is 10.6. The summed E-state index contributed by atoms with van der Waals surface area (Å²) in [6, 6.07) is 0. The molecule has 1 heterocycles. The summed E-state index contributed by atoms with van der Waals surface area (Å²) >= 11 is 0. The van der Waals surface area contributed by atoms with Crippen LogP contribution in [-0.2, 0) is 9.53 Å². The molecule has 0 saturated carbocycles. The normalized spacial score (nSPS) is 23.3. The van der Waals surface area contributed by atoms with Gasteiger partial charge in [0.05, 0.1) is 11.7 Å². The summed E-state index contributed by atoms with van der Waals surface area (Å²) in [5, 5.41) is 6.05. The number of rotatable bonds is 6. The summed E-state index contributed by atoms with van der Waals surface area (Å²) in [5.74, 6) is 0.114. The van der Waals surface area contributed by atoms with E-state index in [0.29, 0.717) is 19.1 Å². The number of amides is 1. The molecule has 1 aliphatic heterocycles. The molecule has 1 fully saturated rings. The van der Waals surface area contributed by atoms with Crippen LogP contribution in [0.25, 0.3) is 0 Å². The van der Waals surface area contributed by atoms with Gasteiger partial charge in [-0.15, -0.1) is 0 Å². The Morgan fingerprint density at radius 1 is 1.50 bits per heavy atom. The summed E-state index contributed by atoms with van der Waals surface area (Å²) in [4.78, 5) is 11.2. The molecule has 0 aromatic rings. The van der Waals surface area contributed by atoms with Crippen molar-refractivity contribution in [3.63, 3.8) is 0 Å². The van der Waals surface area contributed by atoms with Crippen molar-refractivity contribution in [2.24, 2.45) is 0 Å². The fraction of sp³-hybridized carbons (Fsp3) is 0.917. The second-order valence-electron chi connectivity index (χ2n) is 4.95. The highest BCUT2D eigenvalue weighted by Gasteiger charge is 2.30. The molecule has 0 bridgehead atoms. The molecule has 4 nitrogen and oxygen atoms in total. The topological polar surface area (TPSA) is 50.4 Å². The highest BCUT2D eigenvalue weighted by molar-refractivity contribution is 5.75. The highest BCUT2D eigenvalue weighted by atomic mass is 16.5. The molecule has 1 rings (SSSR count). The van der Waals surface area contributed by atoms with Crippen LogP contribution in [0.1, 0.15) is 40.0 Å². The molecule has 94 valence electrons. The van der Waals surface area contributed by atoms with Crippen LogP contribution >= 0.6 is 0 Å². The molecule has 0 spiro atoms. The van der Waals surface area contributed by atoms with Crippen molar-refractivity contribution in [1.82, 2.24) is 10.6 Å². The molecule has 1 aliphatic rings. The highest BCUT2D eigenvalue weighted by Crippen LogP contribution is 2.28. The largest absolute Gasteiger partial charge is 0.371 e. The van der Waals surface area contributed by atoms with Gasteiger partial charge in [0.2, 0.25) is 5.91 Å². The van der Waals surface area contributed by atoms with E-state index in [-0.39, 0.29) is 11.5 Å². The molecule has 2 N–H and O–H groups in total. The van der Waals surface area contributed by atoms with Gasteiger partial charge in [-0.2, -0.15) is 0 Å². The number of carbonyl (C=O) groups excluding carboxylic acids is 1. The first kappa shape index (κ1) is 13.5. The Bertz CT molecular complexity index is 229. The number of ether oxygens (including phenoxy) is 1. The van der Waals surface area contributed by atoms with Crippen LogP contribution in [0.2, 0.25) is 0 Å². The Hall–Kier alpha value is -0.610. The van der Waals surface area contributed by atoms with E-state index in [1.165, 1.54) is 0 Å². The third-order valence-electron chi connectivity index (χ3n) is 2.83. The zero-order valence-electron chi connectivity index (χ0n) is 10.6. The first-order valence-electron chi connectivity index (χ1n) is 6.19. The number of hydrogen-bond donors (Lipinski definition) is 2. The quantitative estimate of drug-likeness (QED) is 0.668. The Morgan fingerprint density at radius 3 is 2.81 bits per heavy atom. The Kier molecular flexibility index (Phi) is 5.22. The van der Waals surface area contributed by atoms with Gasteiger partial charge in [-0.1, -0.05) is 0 Å². The summed E-state index contributed by atoms with van der Waals surface area (Å²) in [6.45, 7) is 8.47. The minimum absolute atomic E-state index is 0.0337. The maximum atomic E-state index is 11.2. The van der Waals surface area contributed by atoms with E-state index in [9.17, 15) is 4.79 Å². The van der Waals surface area contributed by atoms with Gasteiger partial charge in [0, 0.05) is 26.1 Å². The van der Waals surface area contributed by atoms with Crippen molar-refractivity contribution in [2.75, 3.05) is 19.6 Å². The lowest BCUT2D eigenvalue weighted by atomic mass is 10.1. The van der Waals surface area contributed by atoms with E-state index in [4.69, 9.17) is 4.74 Å². The zero-order chi connectivity index (χ0) is 12.0. The molecular weight excluding hydrogens is 204 g/mol.